The first-order valence-corrected chi connectivity index (χ1v) is 7.93. The molecule has 3 rings (SSSR count). The molecule has 114 valence electrons. The number of hydrogen-bond donors (Lipinski definition) is 1. The van der Waals surface area contributed by atoms with Crippen molar-refractivity contribution in [3.63, 3.8) is 0 Å². The summed E-state index contributed by atoms with van der Waals surface area (Å²) in [6.07, 6.45) is 0. The zero-order valence-corrected chi connectivity index (χ0v) is 15.1. The van der Waals surface area contributed by atoms with E-state index in [-0.39, 0.29) is 28.5 Å². The Bertz CT molecular complexity index is 789. The number of para-hydroxylation sites is 2. The molecule has 3 aromatic rings. The molecule has 7 heteroatoms. The topological polar surface area (TPSA) is 45.8 Å². The lowest BCUT2D eigenvalue weighted by Crippen LogP contribution is -3.00. The van der Waals surface area contributed by atoms with Crippen LogP contribution >= 0.6 is 35.0 Å². The van der Waals surface area contributed by atoms with Gasteiger partial charge in [0.25, 0.3) is 0 Å². The predicted molar refractivity (Wildman–Crippen MR) is 87.6 cm³/mol. The van der Waals surface area contributed by atoms with E-state index in [1.165, 1.54) is 11.8 Å². The average Bonchev–Trinajstić information content (AvgIpc) is 2.90. The number of nitrogens with one attached hydrogen (secondary N) is 1. The van der Waals surface area contributed by atoms with Gasteiger partial charge in [0.05, 0.1) is 26.8 Å². The van der Waals surface area contributed by atoms with Gasteiger partial charge >= 0.3 is 0 Å². The first-order chi connectivity index (χ1) is 10.1. The molecule has 0 atom stereocenters. The van der Waals surface area contributed by atoms with Crippen molar-refractivity contribution in [1.82, 2.24) is 9.97 Å². The molecule has 0 amide bonds. The molecule has 1 heterocycles. The number of carbonyl (C=O) groups is 1. The van der Waals surface area contributed by atoms with Gasteiger partial charge in [-0.2, -0.15) is 0 Å². The van der Waals surface area contributed by atoms with Crippen molar-refractivity contribution in [3.8, 4) is 0 Å². The molecule has 1 aromatic heterocycles. The SMILES string of the molecule is O=C(CSc1nc2ccccc2[nH]1)c1ccc(Cl)c(Cl)c1.[Br-]. The molecule has 22 heavy (non-hydrogen) atoms. The van der Waals surface area contributed by atoms with Crippen LogP contribution in [0, 0.1) is 0 Å². The molecule has 1 N–H and O–H groups in total. The summed E-state index contributed by atoms with van der Waals surface area (Å²) in [5.74, 6) is 0.275. The zero-order chi connectivity index (χ0) is 14.8. The molecule has 0 saturated carbocycles. The molecule has 0 saturated heterocycles. The number of carbonyl (C=O) groups excluding carboxylic acids is 1. The quantitative estimate of drug-likeness (QED) is 0.521. The average molecular weight is 417 g/mol. The molecule has 0 bridgehead atoms. The van der Waals surface area contributed by atoms with E-state index < -0.39 is 0 Å². The van der Waals surface area contributed by atoms with Crippen LogP contribution in [0.4, 0.5) is 0 Å². The maximum Gasteiger partial charge on any atom is 0.173 e. The number of rotatable bonds is 4. The third kappa shape index (κ3) is 3.84. The molecule has 0 fully saturated rings. The van der Waals surface area contributed by atoms with Gasteiger partial charge in [-0.15, -0.1) is 0 Å². The summed E-state index contributed by atoms with van der Waals surface area (Å²) in [6, 6.07) is 12.6. The summed E-state index contributed by atoms with van der Waals surface area (Å²) in [6.45, 7) is 0. The summed E-state index contributed by atoms with van der Waals surface area (Å²) < 4.78 is 0. The fourth-order valence-corrected chi connectivity index (χ4v) is 2.96. The normalized spacial score (nSPS) is 10.5. The number of halogens is 3. The number of imidazole rings is 1. The van der Waals surface area contributed by atoms with Gasteiger partial charge in [-0.05, 0) is 30.3 Å². The lowest BCUT2D eigenvalue weighted by molar-refractivity contribution is -0.0000118. The monoisotopic (exact) mass is 415 g/mol. The molecule has 0 unspecified atom stereocenters. The highest BCUT2D eigenvalue weighted by Gasteiger charge is 2.10. The number of ketones is 1. The summed E-state index contributed by atoms with van der Waals surface area (Å²) in [5.41, 5.74) is 2.40. The Morgan fingerprint density at radius 1 is 1.14 bits per heavy atom. The minimum atomic E-state index is -0.0148. The molecule has 0 radical (unpaired) electrons. The standard InChI is InChI=1S/C15H10Cl2N2OS.BrH/c16-10-6-5-9(7-11(10)17)14(20)8-21-15-18-12-3-1-2-4-13(12)19-15;/h1-7H,8H2,(H,18,19);1H/p-1. The van der Waals surface area contributed by atoms with Gasteiger partial charge < -0.3 is 22.0 Å². The Balaban J connectivity index is 0.00000176. The van der Waals surface area contributed by atoms with Crippen molar-refractivity contribution >= 4 is 51.8 Å². The first kappa shape index (κ1) is 17.3. The molecule has 0 aliphatic rings. The zero-order valence-electron chi connectivity index (χ0n) is 11.1. The highest BCUT2D eigenvalue weighted by molar-refractivity contribution is 7.99. The van der Waals surface area contributed by atoms with Crippen LogP contribution < -0.4 is 17.0 Å². The molecule has 0 aliphatic heterocycles. The molecule has 0 aliphatic carbocycles. The van der Waals surface area contributed by atoms with E-state index >= 15 is 0 Å². The largest absolute Gasteiger partial charge is 1.00 e. The second-order valence-electron chi connectivity index (χ2n) is 4.40. The number of H-pyrrole nitrogens is 1. The lowest BCUT2D eigenvalue weighted by Gasteiger charge is -2.01. The number of Topliss-reactive ketones (excluding diaryl/α,β-unsaturated/α-hetero) is 1. The smallest absolute Gasteiger partial charge is 0.173 e. The highest BCUT2D eigenvalue weighted by Crippen LogP contribution is 2.24. The fourth-order valence-electron chi connectivity index (χ4n) is 1.88. The van der Waals surface area contributed by atoms with Crippen LogP contribution in [-0.2, 0) is 0 Å². The molecular formula is C15H10BrCl2N2OS-. The third-order valence-corrected chi connectivity index (χ3v) is 4.56. The van der Waals surface area contributed by atoms with Gasteiger partial charge in [-0.3, -0.25) is 4.79 Å². The van der Waals surface area contributed by atoms with Crippen molar-refractivity contribution < 1.29 is 21.8 Å². The van der Waals surface area contributed by atoms with E-state index in [9.17, 15) is 4.79 Å². The third-order valence-electron chi connectivity index (χ3n) is 2.95. The highest BCUT2D eigenvalue weighted by atomic mass is 79.9. The second-order valence-corrected chi connectivity index (χ2v) is 6.18. The Kier molecular flexibility index (Phi) is 5.92. The number of fused-ring (bicyclic) bond motifs is 1. The Morgan fingerprint density at radius 3 is 2.64 bits per heavy atom. The maximum absolute atomic E-state index is 12.1. The molecule has 0 spiro atoms. The van der Waals surface area contributed by atoms with Crippen LogP contribution in [0.25, 0.3) is 11.0 Å². The molecule has 3 nitrogen and oxygen atoms in total. The summed E-state index contributed by atoms with van der Waals surface area (Å²) in [5, 5.41) is 1.55. The fraction of sp³-hybridized carbons (Fsp3) is 0.0667. The van der Waals surface area contributed by atoms with E-state index in [2.05, 4.69) is 9.97 Å². The predicted octanol–water partition coefficient (Wildman–Crippen LogP) is 1.85. The first-order valence-electron chi connectivity index (χ1n) is 6.19. The van der Waals surface area contributed by atoms with Crippen LogP contribution in [-0.4, -0.2) is 21.5 Å². The van der Waals surface area contributed by atoms with Crippen LogP contribution in [0.3, 0.4) is 0 Å². The summed E-state index contributed by atoms with van der Waals surface area (Å²) in [4.78, 5) is 19.7. The van der Waals surface area contributed by atoms with Gasteiger partial charge in [0, 0.05) is 5.56 Å². The Hall–Kier alpha value is -1.01. The van der Waals surface area contributed by atoms with Crippen molar-refractivity contribution in [3.05, 3.63) is 58.1 Å². The number of aromatic amines is 1. The second kappa shape index (κ2) is 7.51. The minimum Gasteiger partial charge on any atom is -1.00 e. The lowest BCUT2D eigenvalue weighted by atomic mass is 10.1. The van der Waals surface area contributed by atoms with Crippen molar-refractivity contribution in [2.45, 2.75) is 5.16 Å². The van der Waals surface area contributed by atoms with Gasteiger partial charge in [-0.1, -0.05) is 47.1 Å². The van der Waals surface area contributed by atoms with E-state index in [1.54, 1.807) is 18.2 Å². The van der Waals surface area contributed by atoms with Crippen molar-refractivity contribution in [2.24, 2.45) is 0 Å². The van der Waals surface area contributed by atoms with Crippen molar-refractivity contribution in [2.75, 3.05) is 5.75 Å². The Labute approximate surface area is 152 Å². The van der Waals surface area contributed by atoms with Crippen LogP contribution in [0.5, 0.6) is 0 Å². The number of hydrogen-bond acceptors (Lipinski definition) is 3. The van der Waals surface area contributed by atoms with E-state index in [0.717, 1.165) is 16.2 Å². The number of thioether (sulfide) groups is 1. The summed E-state index contributed by atoms with van der Waals surface area (Å²) >= 11 is 13.1. The summed E-state index contributed by atoms with van der Waals surface area (Å²) in [7, 11) is 0. The van der Waals surface area contributed by atoms with Crippen LogP contribution in [0.1, 0.15) is 10.4 Å². The number of benzene rings is 2. The van der Waals surface area contributed by atoms with E-state index in [1.807, 2.05) is 24.3 Å². The number of nitrogens with zero attached hydrogens (tertiary/aromatic N) is 1. The van der Waals surface area contributed by atoms with Gasteiger partial charge in [0.15, 0.2) is 10.9 Å². The molecular weight excluding hydrogens is 407 g/mol. The van der Waals surface area contributed by atoms with E-state index in [4.69, 9.17) is 23.2 Å². The van der Waals surface area contributed by atoms with Gasteiger partial charge in [-0.25, -0.2) is 4.98 Å². The molecule has 2 aromatic carbocycles. The van der Waals surface area contributed by atoms with Crippen LogP contribution in [0.15, 0.2) is 47.6 Å². The number of aromatic nitrogens is 2. The maximum atomic E-state index is 12.1. The minimum absolute atomic E-state index is 0. The van der Waals surface area contributed by atoms with Crippen LogP contribution in [0.2, 0.25) is 10.0 Å². The van der Waals surface area contributed by atoms with Gasteiger partial charge in [0.2, 0.25) is 0 Å². The van der Waals surface area contributed by atoms with Gasteiger partial charge in [0.1, 0.15) is 0 Å². The van der Waals surface area contributed by atoms with Crippen molar-refractivity contribution in [1.29, 1.82) is 0 Å². The Morgan fingerprint density at radius 2 is 1.91 bits per heavy atom. The van der Waals surface area contributed by atoms with E-state index in [0.29, 0.717) is 15.6 Å².